The molecule has 4 aromatic carbocycles. The number of aryl methyl sites for hydroxylation is 1. The standard InChI is InChI=1S/C31H22Br2N2O/c1-18-7-3-4-8-21(18)30-25-15-19(32)11-13-22(25)27(34-30)17-28-23-14-12-20(33)16-26(23)31(35-28)24-9-5-6-10-29(24)36-2/h3-17,34H,1-2H3/b28-17-. The number of benzene rings is 4. The molecule has 1 aliphatic heterocycles. The minimum absolute atomic E-state index is 0.806. The Morgan fingerprint density at radius 1 is 0.750 bits per heavy atom. The predicted octanol–water partition coefficient (Wildman–Crippen LogP) is 9.03. The van der Waals surface area contributed by atoms with Crippen LogP contribution in [0.15, 0.2) is 98.9 Å². The number of nitrogens with one attached hydrogen (secondary N) is 1. The molecule has 3 nitrogen and oxygen atoms in total. The van der Waals surface area contributed by atoms with Crippen molar-refractivity contribution in [3.8, 4) is 17.0 Å². The second-order valence-corrected chi connectivity index (χ2v) is 10.6. The Morgan fingerprint density at radius 3 is 2.28 bits per heavy atom. The molecule has 0 spiro atoms. The quantitative estimate of drug-likeness (QED) is 0.220. The highest BCUT2D eigenvalue weighted by atomic mass is 79.9. The molecular formula is C31H22Br2N2O. The van der Waals surface area contributed by atoms with Gasteiger partial charge in [-0.2, -0.15) is 0 Å². The molecule has 0 atom stereocenters. The van der Waals surface area contributed by atoms with Crippen molar-refractivity contribution in [1.82, 2.24) is 4.98 Å². The average molecular weight is 598 g/mol. The van der Waals surface area contributed by atoms with Gasteiger partial charge in [-0.05, 0) is 55.0 Å². The average Bonchev–Trinajstić information content (AvgIpc) is 3.42. The summed E-state index contributed by atoms with van der Waals surface area (Å²) >= 11 is 7.31. The number of hydrogen-bond acceptors (Lipinski definition) is 2. The van der Waals surface area contributed by atoms with Crippen LogP contribution in [0.25, 0.3) is 33.8 Å². The first-order chi connectivity index (χ1) is 17.5. The van der Waals surface area contributed by atoms with E-state index in [1.54, 1.807) is 7.11 Å². The fraction of sp³-hybridized carbons (Fsp3) is 0.0645. The molecule has 0 unspecified atom stereocenters. The Labute approximate surface area is 226 Å². The van der Waals surface area contributed by atoms with Gasteiger partial charge in [-0.1, -0.05) is 80.4 Å². The number of halogens is 2. The second-order valence-electron chi connectivity index (χ2n) is 8.80. The summed E-state index contributed by atoms with van der Waals surface area (Å²) in [6, 6.07) is 29.2. The third-order valence-electron chi connectivity index (χ3n) is 6.60. The number of nitrogens with zero attached hydrogens (tertiary/aromatic N) is 1. The van der Waals surface area contributed by atoms with Gasteiger partial charge in [-0.25, -0.2) is 4.99 Å². The topological polar surface area (TPSA) is 37.4 Å². The Kier molecular flexibility index (Phi) is 5.90. The van der Waals surface area contributed by atoms with Gasteiger partial charge < -0.3 is 9.72 Å². The van der Waals surface area contributed by atoms with E-state index >= 15 is 0 Å². The van der Waals surface area contributed by atoms with Crippen LogP contribution in [0.3, 0.4) is 0 Å². The van der Waals surface area contributed by atoms with Gasteiger partial charge in [0.05, 0.1) is 24.2 Å². The van der Waals surface area contributed by atoms with Gasteiger partial charge in [-0.15, -0.1) is 0 Å². The van der Waals surface area contributed by atoms with Crippen LogP contribution in [0, 0.1) is 6.92 Å². The van der Waals surface area contributed by atoms with Crippen molar-refractivity contribution in [1.29, 1.82) is 0 Å². The van der Waals surface area contributed by atoms with E-state index in [0.29, 0.717) is 0 Å². The number of hydrogen-bond donors (Lipinski definition) is 1. The molecule has 0 bridgehead atoms. The molecule has 5 heteroatoms. The predicted molar refractivity (Wildman–Crippen MR) is 157 cm³/mol. The maximum atomic E-state index is 5.67. The van der Waals surface area contributed by atoms with Crippen molar-refractivity contribution in [2.75, 3.05) is 7.11 Å². The summed E-state index contributed by atoms with van der Waals surface area (Å²) in [5, 5.41) is 2.33. The van der Waals surface area contributed by atoms with E-state index < -0.39 is 0 Å². The molecule has 0 saturated heterocycles. The summed E-state index contributed by atoms with van der Waals surface area (Å²) < 4.78 is 7.73. The van der Waals surface area contributed by atoms with Crippen LogP contribution in [0.1, 0.15) is 27.9 Å². The lowest BCUT2D eigenvalue weighted by Gasteiger charge is -2.09. The minimum Gasteiger partial charge on any atom is -0.496 e. The van der Waals surface area contributed by atoms with Gasteiger partial charge in [0.2, 0.25) is 0 Å². The lowest BCUT2D eigenvalue weighted by atomic mass is 9.98. The summed E-state index contributed by atoms with van der Waals surface area (Å²) in [6.07, 6.45) is 2.16. The third kappa shape index (κ3) is 3.93. The molecule has 0 radical (unpaired) electrons. The fourth-order valence-corrected chi connectivity index (χ4v) is 5.60. The van der Waals surface area contributed by atoms with Gasteiger partial charge >= 0.3 is 0 Å². The highest BCUT2D eigenvalue weighted by molar-refractivity contribution is 9.10. The molecule has 0 fully saturated rings. The van der Waals surface area contributed by atoms with Gasteiger partial charge in [0.1, 0.15) is 5.75 Å². The summed E-state index contributed by atoms with van der Waals surface area (Å²) in [5.41, 5.74) is 9.54. The monoisotopic (exact) mass is 596 g/mol. The number of aromatic nitrogens is 1. The zero-order chi connectivity index (χ0) is 24.8. The van der Waals surface area contributed by atoms with Crippen molar-refractivity contribution in [3.05, 3.63) is 122 Å². The molecule has 1 N–H and O–H groups in total. The lowest BCUT2D eigenvalue weighted by molar-refractivity contribution is 0.414. The zero-order valence-corrected chi connectivity index (χ0v) is 22.9. The van der Waals surface area contributed by atoms with Crippen LogP contribution < -0.4 is 4.74 Å². The summed E-state index contributed by atoms with van der Waals surface area (Å²) in [4.78, 5) is 8.86. The molecule has 0 aliphatic carbocycles. The van der Waals surface area contributed by atoms with Crippen LogP contribution in [-0.2, 0) is 0 Å². The van der Waals surface area contributed by atoms with Crippen molar-refractivity contribution in [2.45, 2.75) is 6.92 Å². The Morgan fingerprint density at radius 2 is 1.47 bits per heavy atom. The SMILES string of the molecule is COc1ccccc1C1=N/C(=C\c2[nH]c(-c3ccccc3C)c3cc(Br)ccc23)c2ccc(Br)cc21. The number of aromatic amines is 1. The maximum Gasteiger partial charge on any atom is 0.128 e. The smallest absolute Gasteiger partial charge is 0.128 e. The summed E-state index contributed by atoms with van der Waals surface area (Å²) in [5.74, 6) is 0.806. The van der Waals surface area contributed by atoms with Gasteiger partial charge in [-0.3, -0.25) is 0 Å². The van der Waals surface area contributed by atoms with Crippen molar-refractivity contribution in [3.63, 3.8) is 0 Å². The molecule has 1 aliphatic rings. The van der Waals surface area contributed by atoms with E-state index in [1.807, 2.05) is 18.2 Å². The number of methoxy groups -OCH3 is 1. The zero-order valence-electron chi connectivity index (χ0n) is 19.8. The molecule has 6 rings (SSSR count). The minimum atomic E-state index is 0.806. The number of rotatable bonds is 4. The molecular weight excluding hydrogens is 576 g/mol. The molecule has 1 aromatic heterocycles. The van der Waals surface area contributed by atoms with Crippen molar-refractivity contribution >= 4 is 60.1 Å². The first-order valence-corrected chi connectivity index (χ1v) is 13.2. The Balaban J connectivity index is 1.58. The molecule has 0 amide bonds. The molecule has 0 saturated carbocycles. The largest absolute Gasteiger partial charge is 0.496 e. The first-order valence-electron chi connectivity index (χ1n) is 11.6. The molecule has 176 valence electrons. The van der Waals surface area contributed by atoms with Crippen LogP contribution in [-0.4, -0.2) is 17.8 Å². The van der Waals surface area contributed by atoms with E-state index in [0.717, 1.165) is 59.6 Å². The second kappa shape index (κ2) is 9.23. The number of para-hydroxylation sites is 1. The van der Waals surface area contributed by atoms with E-state index in [4.69, 9.17) is 9.73 Å². The van der Waals surface area contributed by atoms with Crippen LogP contribution in [0.4, 0.5) is 0 Å². The maximum absolute atomic E-state index is 5.67. The van der Waals surface area contributed by atoms with E-state index in [9.17, 15) is 0 Å². The number of fused-ring (bicyclic) bond motifs is 2. The highest BCUT2D eigenvalue weighted by Gasteiger charge is 2.25. The Bertz CT molecular complexity index is 1710. The summed E-state index contributed by atoms with van der Waals surface area (Å²) in [6.45, 7) is 2.15. The van der Waals surface area contributed by atoms with Crippen LogP contribution in [0.2, 0.25) is 0 Å². The molecule has 36 heavy (non-hydrogen) atoms. The van der Waals surface area contributed by atoms with Gasteiger partial charge in [0.15, 0.2) is 0 Å². The van der Waals surface area contributed by atoms with E-state index in [1.165, 1.54) is 16.5 Å². The normalized spacial score (nSPS) is 13.8. The molecule has 5 aromatic rings. The van der Waals surface area contributed by atoms with E-state index in [-0.39, 0.29) is 0 Å². The number of aliphatic imine (C=N–C) groups is 1. The first kappa shape index (κ1) is 23.0. The number of H-pyrrole nitrogens is 1. The van der Waals surface area contributed by atoms with Crippen LogP contribution in [0.5, 0.6) is 5.75 Å². The third-order valence-corrected chi connectivity index (χ3v) is 7.59. The lowest BCUT2D eigenvalue weighted by Crippen LogP contribution is -2.03. The van der Waals surface area contributed by atoms with Crippen LogP contribution >= 0.6 is 31.9 Å². The van der Waals surface area contributed by atoms with E-state index in [2.05, 4.69) is 117 Å². The molecule has 2 heterocycles. The van der Waals surface area contributed by atoms with Crippen molar-refractivity contribution in [2.24, 2.45) is 4.99 Å². The fourth-order valence-electron chi connectivity index (χ4n) is 4.88. The Hall–Kier alpha value is -3.41. The number of ether oxygens (including phenoxy) is 1. The highest BCUT2D eigenvalue weighted by Crippen LogP contribution is 2.39. The van der Waals surface area contributed by atoms with Gasteiger partial charge in [0.25, 0.3) is 0 Å². The van der Waals surface area contributed by atoms with Gasteiger partial charge in [0, 0.05) is 47.7 Å². The van der Waals surface area contributed by atoms with Crippen molar-refractivity contribution < 1.29 is 4.74 Å². The summed E-state index contributed by atoms with van der Waals surface area (Å²) in [7, 11) is 1.70.